The van der Waals surface area contributed by atoms with Gasteiger partial charge in [-0.3, -0.25) is 0 Å². The fraction of sp³-hybridized carbons (Fsp3) is 0.200. The molecule has 96 valence electrons. The Balaban J connectivity index is 2.09. The lowest BCUT2D eigenvalue weighted by atomic mass is 10.3. The highest BCUT2D eigenvalue weighted by molar-refractivity contribution is 5.45. The first-order valence-electron chi connectivity index (χ1n) is 4.99. The second-order valence-electron chi connectivity index (χ2n) is 3.42. The van der Waals surface area contributed by atoms with E-state index in [2.05, 4.69) is 15.3 Å². The average Bonchev–Trinajstić information content (AvgIpc) is 2.84. The standard InChI is InChI=1S/C10H8F4N4/c11-6-8(7(12)10(14)17-9(6)13)16-2-4-18-3-1-15-5-18/h1,3,5H,2,4H2,(H,16,17). The summed E-state index contributed by atoms with van der Waals surface area (Å²) < 4.78 is 53.5. The third-order valence-corrected chi connectivity index (χ3v) is 2.23. The second-order valence-corrected chi connectivity index (χ2v) is 3.42. The summed E-state index contributed by atoms with van der Waals surface area (Å²) in [6, 6.07) is 0. The molecule has 0 unspecified atom stereocenters. The number of nitrogens with one attached hydrogen (secondary N) is 1. The van der Waals surface area contributed by atoms with Crippen molar-refractivity contribution >= 4 is 5.69 Å². The zero-order valence-corrected chi connectivity index (χ0v) is 9.00. The molecule has 0 bridgehead atoms. The SMILES string of the molecule is Fc1nc(F)c(F)c(NCCn2ccnc2)c1F. The summed E-state index contributed by atoms with van der Waals surface area (Å²) in [6.45, 7) is 0.414. The summed E-state index contributed by atoms with van der Waals surface area (Å²) in [4.78, 5) is 6.22. The highest BCUT2D eigenvalue weighted by Gasteiger charge is 2.20. The molecule has 1 N–H and O–H groups in total. The van der Waals surface area contributed by atoms with E-state index in [1.54, 1.807) is 10.8 Å². The monoisotopic (exact) mass is 260 g/mol. The van der Waals surface area contributed by atoms with Gasteiger partial charge in [0.25, 0.3) is 11.9 Å². The maximum atomic E-state index is 13.2. The van der Waals surface area contributed by atoms with Crippen LogP contribution in [-0.4, -0.2) is 21.1 Å². The Labute approximate surface area is 99.3 Å². The van der Waals surface area contributed by atoms with Crippen molar-refractivity contribution in [3.63, 3.8) is 0 Å². The third-order valence-electron chi connectivity index (χ3n) is 2.23. The van der Waals surface area contributed by atoms with Crippen LogP contribution in [0.1, 0.15) is 0 Å². The van der Waals surface area contributed by atoms with E-state index < -0.39 is 29.2 Å². The minimum Gasteiger partial charge on any atom is -0.378 e. The fourth-order valence-electron chi connectivity index (χ4n) is 1.37. The van der Waals surface area contributed by atoms with E-state index in [4.69, 9.17) is 0 Å². The molecule has 0 atom stereocenters. The highest BCUT2D eigenvalue weighted by atomic mass is 19.2. The largest absolute Gasteiger partial charge is 0.378 e. The number of hydrogen-bond acceptors (Lipinski definition) is 3. The molecule has 2 rings (SSSR count). The summed E-state index contributed by atoms with van der Waals surface area (Å²) in [5.74, 6) is -6.45. The van der Waals surface area contributed by atoms with Gasteiger partial charge in [0.2, 0.25) is 11.6 Å². The summed E-state index contributed by atoms with van der Waals surface area (Å²) in [5, 5.41) is 2.28. The number of aromatic nitrogens is 3. The van der Waals surface area contributed by atoms with Crippen molar-refractivity contribution in [3.05, 3.63) is 42.3 Å². The molecule has 0 spiro atoms. The molecule has 0 radical (unpaired) electrons. The van der Waals surface area contributed by atoms with Crippen molar-refractivity contribution in [3.8, 4) is 0 Å². The summed E-state index contributed by atoms with van der Waals surface area (Å²) in [7, 11) is 0. The predicted molar refractivity (Wildman–Crippen MR) is 54.8 cm³/mol. The maximum absolute atomic E-state index is 13.2. The molecule has 8 heteroatoms. The van der Waals surface area contributed by atoms with E-state index in [1.165, 1.54) is 12.5 Å². The number of anilines is 1. The van der Waals surface area contributed by atoms with Gasteiger partial charge < -0.3 is 9.88 Å². The number of imidazole rings is 1. The van der Waals surface area contributed by atoms with Gasteiger partial charge in [-0.1, -0.05) is 0 Å². The summed E-state index contributed by atoms with van der Waals surface area (Å²) in [5.41, 5.74) is -0.861. The van der Waals surface area contributed by atoms with E-state index in [0.29, 0.717) is 6.54 Å². The number of halogens is 4. The normalized spacial score (nSPS) is 10.7. The topological polar surface area (TPSA) is 42.7 Å². The molecule has 0 aliphatic heterocycles. The molecule has 2 heterocycles. The van der Waals surface area contributed by atoms with Crippen molar-refractivity contribution in [2.24, 2.45) is 0 Å². The molecule has 2 aromatic heterocycles. The zero-order valence-electron chi connectivity index (χ0n) is 9.00. The van der Waals surface area contributed by atoms with Gasteiger partial charge in [0.1, 0.15) is 5.69 Å². The first kappa shape index (κ1) is 12.3. The Morgan fingerprint density at radius 2 is 1.78 bits per heavy atom. The van der Waals surface area contributed by atoms with Gasteiger partial charge in [-0.05, 0) is 0 Å². The van der Waals surface area contributed by atoms with Crippen LogP contribution >= 0.6 is 0 Å². The van der Waals surface area contributed by atoms with E-state index in [0.717, 1.165) is 0 Å². The van der Waals surface area contributed by atoms with Crippen molar-refractivity contribution < 1.29 is 17.6 Å². The van der Waals surface area contributed by atoms with E-state index >= 15 is 0 Å². The summed E-state index contributed by atoms with van der Waals surface area (Å²) >= 11 is 0. The molecule has 2 aromatic rings. The van der Waals surface area contributed by atoms with Crippen LogP contribution < -0.4 is 5.32 Å². The Morgan fingerprint density at radius 3 is 2.33 bits per heavy atom. The number of nitrogens with zero attached hydrogens (tertiary/aromatic N) is 3. The second kappa shape index (κ2) is 5.03. The molecular weight excluding hydrogens is 252 g/mol. The molecular formula is C10H8F4N4. The molecule has 0 aliphatic rings. The lowest BCUT2D eigenvalue weighted by Crippen LogP contribution is -2.14. The van der Waals surface area contributed by atoms with E-state index in [1.807, 2.05) is 0 Å². The van der Waals surface area contributed by atoms with Gasteiger partial charge >= 0.3 is 0 Å². The molecule has 0 fully saturated rings. The fourth-order valence-corrected chi connectivity index (χ4v) is 1.37. The lowest BCUT2D eigenvalue weighted by Gasteiger charge is -2.09. The van der Waals surface area contributed by atoms with Crippen LogP contribution in [0.3, 0.4) is 0 Å². The van der Waals surface area contributed by atoms with Gasteiger partial charge in [-0.15, -0.1) is 0 Å². The molecule has 0 saturated carbocycles. The van der Waals surface area contributed by atoms with Crippen LogP contribution in [0, 0.1) is 23.5 Å². The quantitative estimate of drug-likeness (QED) is 0.675. The van der Waals surface area contributed by atoms with E-state index in [9.17, 15) is 17.6 Å². The maximum Gasteiger partial charge on any atom is 0.253 e. The number of hydrogen-bond donors (Lipinski definition) is 1. The van der Waals surface area contributed by atoms with E-state index in [-0.39, 0.29) is 6.54 Å². The molecule has 0 aromatic carbocycles. The van der Waals surface area contributed by atoms with Gasteiger partial charge in [-0.2, -0.15) is 22.5 Å². The van der Waals surface area contributed by atoms with Crippen LogP contribution in [0.15, 0.2) is 18.7 Å². The van der Waals surface area contributed by atoms with Crippen molar-refractivity contribution in [1.82, 2.24) is 14.5 Å². The molecule has 4 nitrogen and oxygen atoms in total. The highest BCUT2D eigenvalue weighted by Crippen LogP contribution is 2.21. The molecule has 18 heavy (non-hydrogen) atoms. The van der Waals surface area contributed by atoms with Crippen LogP contribution in [-0.2, 0) is 6.54 Å². The van der Waals surface area contributed by atoms with Gasteiger partial charge in [0.15, 0.2) is 0 Å². The van der Waals surface area contributed by atoms with Gasteiger partial charge in [-0.25, -0.2) is 4.98 Å². The minimum absolute atomic E-state index is 0.0765. The van der Waals surface area contributed by atoms with Gasteiger partial charge in [0, 0.05) is 25.5 Å². The van der Waals surface area contributed by atoms with Crippen molar-refractivity contribution in [2.45, 2.75) is 6.54 Å². The first-order chi connectivity index (χ1) is 8.59. The third kappa shape index (κ3) is 2.41. The minimum atomic E-state index is -1.68. The first-order valence-corrected chi connectivity index (χ1v) is 4.99. The van der Waals surface area contributed by atoms with Crippen LogP contribution in [0.2, 0.25) is 0 Å². The zero-order chi connectivity index (χ0) is 13.1. The van der Waals surface area contributed by atoms with Crippen molar-refractivity contribution in [2.75, 3.05) is 11.9 Å². The molecule has 0 amide bonds. The number of rotatable bonds is 4. The number of pyridine rings is 1. The van der Waals surface area contributed by atoms with Crippen LogP contribution in [0.25, 0.3) is 0 Å². The predicted octanol–water partition coefficient (Wildman–Crippen LogP) is 1.95. The Morgan fingerprint density at radius 1 is 1.11 bits per heavy atom. The Kier molecular flexibility index (Phi) is 3.45. The van der Waals surface area contributed by atoms with Crippen molar-refractivity contribution in [1.29, 1.82) is 0 Å². The Bertz CT molecular complexity index is 515. The van der Waals surface area contributed by atoms with Crippen LogP contribution in [0.5, 0.6) is 0 Å². The molecule has 0 aliphatic carbocycles. The Hall–Kier alpha value is -2.12. The smallest absolute Gasteiger partial charge is 0.253 e. The van der Waals surface area contributed by atoms with Gasteiger partial charge in [0.05, 0.1) is 6.33 Å². The lowest BCUT2D eigenvalue weighted by molar-refractivity contribution is 0.410. The summed E-state index contributed by atoms with van der Waals surface area (Å²) in [6.07, 6.45) is 4.68. The molecule has 0 saturated heterocycles. The average molecular weight is 260 g/mol. The van der Waals surface area contributed by atoms with Crippen LogP contribution in [0.4, 0.5) is 23.2 Å².